The Kier molecular flexibility index (Phi) is 2.07. The number of fused-ring (bicyclic) bond motifs is 1. The van der Waals surface area contributed by atoms with Gasteiger partial charge in [-0.1, -0.05) is 17.7 Å². The number of hydrogen-bond acceptors (Lipinski definition) is 2. The van der Waals surface area contributed by atoms with E-state index in [1.807, 2.05) is 10.9 Å². The number of hydrogen-bond donors (Lipinski definition) is 1. The first-order valence-electron chi connectivity index (χ1n) is 5.65. The van der Waals surface area contributed by atoms with Crippen molar-refractivity contribution in [2.75, 3.05) is 0 Å². The zero-order valence-corrected chi connectivity index (χ0v) is 9.35. The molecule has 2 aromatic rings. The number of aryl methyl sites for hydroxylation is 1. The molecule has 0 amide bonds. The van der Waals surface area contributed by atoms with Crippen LogP contribution in [-0.4, -0.2) is 9.78 Å². The minimum atomic E-state index is 0.175. The summed E-state index contributed by atoms with van der Waals surface area (Å²) in [4.78, 5) is 0. The highest BCUT2D eigenvalue weighted by atomic mass is 15.3. The van der Waals surface area contributed by atoms with E-state index in [0.717, 1.165) is 18.5 Å². The third-order valence-electron chi connectivity index (χ3n) is 3.27. The van der Waals surface area contributed by atoms with Gasteiger partial charge in [0.05, 0.1) is 11.9 Å². The maximum absolute atomic E-state index is 6.01. The van der Waals surface area contributed by atoms with Gasteiger partial charge in [-0.25, -0.2) is 4.68 Å². The van der Waals surface area contributed by atoms with Crippen molar-refractivity contribution in [1.82, 2.24) is 9.78 Å². The smallest absolute Gasteiger partial charge is 0.0649 e. The van der Waals surface area contributed by atoms with Crippen molar-refractivity contribution in [3.05, 3.63) is 47.3 Å². The van der Waals surface area contributed by atoms with Gasteiger partial charge in [0.15, 0.2) is 0 Å². The summed E-state index contributed by atoms with van der Waals surface area (Å²) in [7, 11) is 0. The normalized spacial score (nSPS) is 18.8. The van der Waals surface area contributed by atoms with Crippen LogP contribution in [0.2, 0.25) is 0 Å². The van der Waals surface area contributed by atoms with Gasteiger partial charge in [0, 0.05) is 17.3 Å². The maximum atomic E-state index is 6.01. The first kappa shape index (κ1) is 9.60. The van der Waals surface area contributed by atoms with Crippen LogP contribution in [0.5, 0.6) is 0 Å². The van der Waals surface area contributed by atoms with Gasteiger partial charge in [0.25, 0.3) is 0 Å². The average Bonchev–Trinajstić information content (AvgIpc) is 2.84. The lowest BCUT2D eigenvalue weighted by Gasteiger charge is -2.05. The molecule has 1 unspecified atom stereocenters. The number of rotatable bonds is 1. The van der Waals surface area contributed by atoms with Crippen LogP contribution in [0, 0.1) is 6.92 Å². The summed E-state index contributed by atoms with van der Waals surface area (Å²) in [5.74, 6) is 0. The van der Waals surface area contributed by atoms with Crippen LogP contribution in [0.25, 0.3) is 5.69 Å². The maximum Gasteiger partial charge on any atom is 0.0649 e. The Labute approximate surface area is 94.9 Å². The number of aromatic nitrogens is 2. The lowest BCUT2D eigenvalue weighted by atomic mass is 10.2. The number of nitrogens with two attached hydrogens (primary N) is 1. The molecule has 3 heteroatoms. The van der Waals surface area contributed by atoms with Gasteiger partial charge in [0.1, 0.15) is 0 Å². The fraction of sp³-hybridized carbons (Fsp3) is 0.308. The van der Waals surface area contributed by atoms with Crippen LogP contribution in [0.3, 0.4) is 0 Å². The Balaban J connectivity index is 2.08. The Hall–Kier alpha value is -1.61. The van der Waals surface area contributed by atoms with E-state index >= 15 is 0 Å². The highest BCUT2D eigenvalue weighted by molar-refractivity contribution is 5.39. The highest BCUT2D eigenvalue weighted by Crippen LogP contribution is 2.30. The van der Waals surface area contributed by atoms with Crippen LogP contribution in [-0.2, 0) is 6.42 Å². The fourth-order valence-corrected chi connectivity index (χ4v) is 2.30. The Morgan fingerprint density at radius 3 is 2.81 bits per heavy atom. The molecule has 2 N–H and O–H groups in total. The molecule has 0 saturated carbocycles. The van der Waals surface area contributed by atoms with E-state index in [9.17, 15) is 0 Å². The van der Waals surface area contributed by atoms with Crippen molar-refractivity contribution in [3.63, 3.8) is 0 Å². The summed E-state index contributed by atoms with van der Waals surface area (Å²) in [5, 5.41) is 4.42. The van der Waals surface area contributed by atoms with Crippen LogP contribution in [0.4, 0.5) is 0 Å². The quantitative estimate of drug-likeness (QED) is 0.788. The minimum Gasteiger partial charge on any atom is -0.324 e. The Morgan fingerprint density at radius 2 is 2.06 bits per heavy atom. The molecule has 16 heavy (non-hydrogen) atoms. The topological polar surface area (TPSA) is 43.8 Å². The monoisotopic (exact) mass is 213 g/mol. The second-order valence-corrected chi connectivity index (χ2v) is 4.44. The van der Waals surface area contributed by atoms with Gasteiger partial charge in [-0.15, -0.1) is 0 Å². The molecule has 1 aromatic heterocycles. The molecule has 0 spiro atoms. The van der Waals surface area contributed by atoms with Crippen LogP contribution in [0.15, 0.2) is 30.5 Å². The SMILES string of the molecule is Cc1ccc(-n2ncc3c2CCC3N)cc1. The summed E-state index contributed by atoms with van der Waals surface area (Å²) in [6.07, 6.45) is 3.98. The summed E-state index contributed by atoms with van der Waals surface area (Å²) in [6, 6.07) is 8.60. The van der Waals surface area contributed by atoms with E-state index in [4.69, 9.17) is 5.73 Å². The summed E-state index contributed by atoms with van der Waals surface area (Å²) < 4.78 is 2.02. The Morgan fingerprint density at radius 1 is 1.31 bits per heavy atom. The molecule has 1 aromatic carbocycles. The Bertz CT molecular complexity index is 510. The fourth-order valence-electron chi connectivity index (χ4n) is 2.30. The summed E-state index contributed by atoms with van der Waals surface area (Å²) >= 11 is 0. The molecule has 0 aliphatic heterocycles. The first-order valence-corrected chi connectivity index (χ1v) is 5.65. The van der Waals surface area contributed by atoms with Gasteiger partial charge < -0.3 is 5.73 Å². The molecular weight excluding hydrogens is 198 g/mol. The molecule has 82 valence electrons. The second-order valence-electron chi connectivity index (χ2n) is 4.44. The molecule has 1 aliphatic rings. The number of benzene rings is 1. The first-order chi connectivity index (χ1) is 7.75. The molecule has 3 rings (SSSR count). The predicted octanol–water partition coefficient (Wildman–Crippen LogP) is 2.13. The molecule has 1 heterocycles. The van der Waals surface area contributed by atoms with Gasteiger partial charge in [-0.2, -0.15) is 5.10 Å². The number of nitrogens with zero attached hydrogens (tertiary/aromatic N) is 2. The molecule has 3 nitrogen and oxygen atoms in total. The van der Waals surface area contributed by atoms with Crippen molar-refractivity contribution in [2.45, 2.75) is 25.8 Å². The van der Waals surface area contributed by atoms with Gasteiger partial charge in [-0.3, -0.25) is 0 Å². The van der Waals surface area contributed by atoms with E-state index in [0.29, 0.717) is 0 Å². The minimum absolute atomic E-state index is 0.175. The van der Waals surface area contributed by atoms with E-state index in [-0.39, 0.29) is 6.04 Å². The third kappa shape index (κ3) is 1.36. The molecule has 0 bridgehead atoms. The molecular formula is C13H15N3. The molecule has 1 aliphatic carbocycles. The zero-order chi connectivity index (χ0) is 11.1. The van der Waals surface area contributed by atoms with Crippen molar-refractivity contribution >= 4 is 0 Å². The van der Waals surface area contributed by atoms with Crippen LogP contribution < -0.4 is 5.73 Å². The van der Waals surface area contributed by atoms with E-state index < -0.39 is 0 Å². The predicted molar refractivity (Wildman–Crippen MR) is 63.6 cm³/mol. The molecule has 0 fully saturated rings. The van der Waals surface area contributed by atoms with Gasteiger partial charge in [0.2, 0.25) is 0 Å². The lowest BCUT2D eigenvalue weighted by Crippen LogP contribution is -2.03. The average molecular weight is 213 g/mol. The molecule has 0 radical (unpaired) electrons. The molecule has 0 saturated heterocycles. The van der Waals surface area contributed by atoms with Crippen molar-refractivity contribution in [1.29, 1.82) is 0 Å². The summed E-state index contributed by atoms with van der Waals surface area (Å²) in [5.41, 5.74) is 10.9. The summed E-state index contributed by atoms with van der Waals surface area (Å²) in [6.45, 7) is 2.09. The standard InChI is InChI=1S/C13H15N3/c1-9-2-4-10(5-3-9)16-13-7-6-12(14)11(13)8-15-16/h2-5,8,12H,6-7,14H2,1H3. The largest absolute Gasteiger partial charge is 0.324 e. The van der Waals surface area contributed by atoms with Crippen molar-refractivity contribution in [2.24, 2.45) is 5.73 Å². The van der Waals surface area contributed by atoms with E-state index in [1.165, 1.54) is 16.8 Å². The van der Waals surface area contributed by atoms with Crippen LogP contribution >= 0.6 is 0 Å². The van der Waals surface area contributed by atoms with E-state index in [2.05, 4.69) is 36.3 Å². The second kappa shape index (κ2) is 3.46. The van der Waals surface area contributed by atoms with E-state index in [1.54, 1.807) is 0 Å². The third-order valence-corrected chi connectivity index (χ3v) is 3.27. The lowest BCUT2D eigenvalue weighted by molar-refractivity contribution is 0.692. The zero-order valence-electron chi connectivity index (χ0n) is 9.35. The highest BCUT2D eigenvalue weighted by Gasteiger charge is 2.23. The molecule has 1 atom stereocenters. The van der Waals surface area contributed by atoms with Crippen molar-refractivity contribution < 1.29 is 0 Å². The van der Waals surface area contributed by atoms with Crippen LogP contribution in [0.1, 0.15) is 29.3 Å². The van der Waals surface area contributed by atoms with Gasteiger partial charge in [-0.05, 0) is 31.9 Å². The van der Waals surface area contributed by atoms with Crippen molar-refractivity contribution in [3.8, 4) is 5.69 Å². The van der Waals surface area contributed by atoms with Gasteiger partial charge >= 0.3 is 0 Å².